The first kappa shape index (κ1) is 14.8. The highest BCUT2D eigenvalue weighted by atomic mass is 16.2. The predicted molar refractivity (Wildman–Crippen MR) is 77.7 cm³/mol. The van der Waals surface area contributed by atoms with Crippen LogP contribution in [0.3, 0.4) is 0 Å². The van der Waals surface area contributed by atoms with Crippen LogP contribution in [0.15, 0.2) is 0 Å². The van der Waals surface area contributed by atoms with Crippen molar-refractivity contribution in [2.45, 2.75) is 32.1 Å². The van der Waals surface area contributed by atoms with E-state index >= 15 is 0 Å². The van der Waals surface area contributed by atoms with Crippen LogP contribution in [0.4, 0.5) is 0 Å². The lowest BCUT2D eigenvalue weighted by atomic mass is 9.91. The van der Waals surface area contributed by atoms with E-state index in [0.29, 0.717) is 18.4 Å². The zero-order chi connectivity index (χ0) is 13.8. The molecule has 0 aromatic heterocycles. The largest absolute Gasteiger partial charge is 0.342 e. The van der Waals surface area contributed by atoms with Crippen molar-refractivity contribution in [1.82, 2.24) is 9.80 Å². The van der Waals surface area contributed by atoms with Crippen LogP contribution >= 0.6 is 0 Å². The van der Waals surface area contributed by atoms with Gasteiger partial charge in [0, 0.05) is 25.6 Å². The molecule has 2 rings (SSSR count). The molecular weight excluding hydrogens is 238 g/mol. The van der Waals surface area contributed by atoms with Crippen LogP contribution in [0.1, 0.15) is 32.1 Å². The van der Waals surface area contributed by atoms with Gasteiger partial charge in [-0.15, -0.1) is 0 Å². The number of likely N-dealkylation sites (tertiary alicyclic amines) is 1. The molecule has 2 atom stereocenters. The van der Waals surface area contributed by atoms with Gasteiger partial charge in [-0.05, 0) is 58.2 Å². The summed E-state index contributed by atoms with van der Waals surface area (Å²) in [7, 11) is 4.25. The minimum atomic E-state index is 0.218. The molecule has 2 N–H and O–H groups in total. The summed E-state index contributed by atoms with van der Waals surface area (Å²) in [4.78, 5) is 16.9. The second-order valence-corrected chi connectivity index (χ2v) is 6.56. The fourth-order valence-electron chi connectivity index (χ4n) is 3.73. The zero-order valence-electron chi connectivity index (χ0n) is 12.5. The van der Waals surface area contributed by atoms with E-state index in [1.807, 2.05) is 0 Å². The van der Waals surface area contributed by atoms with Crippen LogP contribution < -0.4 is 5.73 Å². The monoisotopic (exact) mass is 267 g/mol. The first-order chi connectivity index (χ1) is 9.11. The molecule has 4 heteroatoms. The van der Waals surface area contributed by atoms with Crippen molar-refractivity contribution in [1.29, 1.82) is 0 Å². The van der Waals surface area contributed by atoms with Crippen LogP contribution in [0.2, 0.25) is 0 Å². The van der Waals surface area contributed by atoms with Gasteiger partial charge >= 0.3 is 0 Å². The minimum absolute atomic E-state index is 0.218. The first-order valence-corrected chi connectivity index (χ1v) is 7.75. The lowest BCUT2D eigenvalue weighted by Gasteiger charge is -2.35. The number of nitrogens with zero attached hydrogens (tertiary/aromatic N) is 2. The molecule has 0 spiro atoms. The molecule has 1 aliphatic heterocycles. The molecule has 0 radical (unpaired) electrons. The Bertz CT molecular complexity index is 298. The van der Waals surface area contributed by atoms with E-state index in [2.05, 4.69) is 23.9 Å². The van der Waals surface area contributed by atoms with Crippen LogP contribution in [-0.4, -0.2) is 56.0 Å². The van der Waals surface area contributed by atoms with E-state index in [9.17, 15) is 4.79 Å². The van der Waals surface area contributed by atoms with Crippen molar-refractivity contribution >= 4 is 5.91 Å². The number of hydrogen-bond acceptors (Lipinski definition) is 3. The van der Waals surface area contributed by atoms with E-state index in [0.717, 1.165) is 51.2 Å². The normalized spacial score (nSPS) is 29.2. The summed E-state index contributed by atoms with van der Waals surface area (Å²) < 4.78 is 0. The third-order valence-electron chi connectivity index (χ3n) is 4.83. The van der Waals surface area contributed by atoms with Crippen molar-refractivity contribution in [2.75, 3.05) is 40.3 Å². The van der Waals surface area contributed by atoms with Crippen molar-refractivity contribution in [3.05, 3.63) is 0 Å². The minimum Gasteiger partial charge on any atom is -0.342 e. The zero-order valence-corrected chi connectivity index (χ0v) is 12.5. The molecule has 2 fully saturated rings. The van der Waals surface area contributed by atoms with E-state index < -0.39 is 0 Å². The van der Waals surface area contributed by atoms with Gasteiger partial charge in [0.2, 0.25) is 5.91 Å². The van der Waals surface area contributed by atoms with Crippen molar-refractivity contribution in [3.8, 4) is 0 Å². The van der Waals surface area contributed by atoms with Gasteiger partial charge in [-0.1, -0.05) is 6.42 Å². The number of hydrogen-bond donors (Lipinski definition) is 1. The summed E-state index contributed by atoms with van der Waals surface area (Å²) in [5.74, 6) is 1.80. The molecule has 4 nitrogen and oxygen atoms in total. The summed E-state index contributed by atoms with van der Waals surface area (Å²) >= 11 is 0. The molecule has 1 aliphatic carbocycles. The molecular formula is C15H29N3O. The summed E-state index contributed by atoms with van der Waals surface area (Å²) in [6.45, 7) is 3.72. The quantitative estimate of drug-likeness (QED) is 0.831. The Balaban J connectivity index is 1.82. The molecule has 1 saturated carbocycles. The van der Waals surface area contributed by atoms with Gasteiger partial charge in [-0.3, -0.25) is 4.79 Å². The Morgan fingerprint density at radius 2 is 1.89 bits per heavy atom. The van der Waals surface area contributed by atoms with Gasteiger partial charge in [-0.25, -0.2) is 0 Å². The van der Waals surface area contributed by atoms with Crippen LogP contribution in [0.25, 0.3) is 0 Å². The lowest BCUT2D eigenvalue weighted by molar-refractivity contribution is -0.138. The Morgan fingerprint density at radius 3 is 2.47 bits per heavy atom. The summed E-state index contributed by atoms with van der Waals surface area (Å²) in [6.07, 6.45) is 5.69. The number of carbonyl (C=O) groups is 1. The maximum Gasteiger partial charge on any atom is 0.226 e. The van der Waals surface area contributed by atoms with E-state index in [1.54, 1.807) is 0 Å². The average Bonchev–Trinajstić information content (AvgIpc) is 2.86. The highest BCUT2D eigenvalue weighted by molar-refractivity contribution is 5.79. The number of nitrogens with two attached hydrogens (primary N) is 1. The highest BCUT2D eigenvalue weighted by Crippen LogP contribution is 2.33. The molecule has 0 aromatic carbocycles. The van der Waals surface area contributed by atoms with Crippen molar-refractivity contribution in [3.63, 3.8) is 0 Å². The Hall–Kier alpha value is -0.610. The number of carbonyl (C=O) groups excluding carboxylic acids is 1. The van der Waals surface area contributed by atoms with Gasteiger partial charge in [0.25, 0.3) is 0 Å². The van der Waals surface area contributed by atoms with E-state index in [4.69, 9.17) is 5.73 Å². The van der Waals surface area contributed by atoms with Crippen molar-refractivity contribution < 1.29 is 4.79 Å². The predicted octanol–water partition coefficient (Wildman–Crippen LogP) is 1.16. The van der Waals surface area contributed by atoms with Gasteiger partial charge in [-0.2, -0.15) is 0 Å². The third kappa shape index (κ3) is 3.69. The maximum absolute atomic E-state index is 12.6. The molecule has 110 valence electrons. The second kappa shape index (κ2) is 6.71. The van der Waals surface area contributed by atoms with Crippen LogP contribution in [-0.2, 0) is 4.79 Å². The standard InChI is InChI=1S/C15H29N3O/c1-17(2)11-12-6-8-18(9-7-12)15(19)14-5-3-4-13(14)10-16/h12-14H,3-11,16H2,1-2H3. The SMILES string of the molecule is CN(C)CC1CCN(C(=O)C2CCCC2CN)CC1. The van der Waals surface area contributed by atoms with Gasteiger partial charge in [0.1, 0.15) is 0 Å². The van der Waals surface area contributed by atoms with E-state index in [-0.39, 0.29) is 5.92 Å². The number of rotatable bonds is 4. The molecule has 2 aliphatic rings. The molecule has 19 heavy (non-hydrogen) atoms. The molecule has 1 heterocycles. The maximum atomic E-state index is 12.6. The smallest absolute Gasteiger partial charge is 0.226 e. The fraction of sp³-hybridized carbons (Fsp3) is 0.933. The molecule has 1 saturated heterocycles. The summed E-state index contributed by atoms with van der Waals surface area (Å²) in [5, 5.41) is 0. The third-order valence-corrected chi connectivity index (χ3v) is 4.83. The average molecular weight is 267 g/mol. The molecule has 0 aromatic rings. The van der Waals surface area contributed by atoms with Crippen LogP contribution in [0, 0.1) is 17.8 Å². The lowest BCUT2D eigenvalue weighted by Crippen LogP contribution is -2.44. The van der Waals surface area contributed by atoms with Crippen molar-refractivity contribution in [2.24, 2.45) is 23.5 Å². The highest BCUT2D eigenvalue weighted by Gasteiger charge is 2.35. The molecule has 1 amide bonds. The van der Waals surface area contributed by atoms with Gasteiger partial charge in [0.05, 0.1) is 0 Å². The summed E-state index contributed by atoms with van der Waals surface area (Å²) in [6, 6.07) is 0. The van der Waals surface area contributed by atoms with Crippen LogP contribution in [0.5, 0.6) is 0 Å². The number of piperidine rings is 1. The first-order valence-electron chi connectivity index (χ1n) is 7.75. The van der Waals surface area contributed by atoms with Gasteiger partial charge in [0.15, 0.2) is 0 Å². The number of amides is 1. The Kier molecular flexibility index (Phi) is 5.22. The Morgan fingerprint density at radius 1 is 1.21 bits per heavy atom. The molecule has 0 bridgehead atoms. The van der Waals surface area contributed by atoms with E-state index in [1.165, 1.54) is 6.42 Å². The van der Waals surface area contributed by atoms with Gasteiger partial charge < -0.3 is 15.5 Å². The Labute approximate surface area is 117 Å². The second-order valence-electron chi connectivity index (χ2n) is 6.56. The summed E-state index contributed by atoms with van der Waals surface area (Å²) in [5.41, 5.74) is 5.79. The topological polar surface area (TPSA) is 49.6 Å². The fourth-order valence-corrected chi connectivity index (χ4v) is 3.73. The molecule has 2 unspecified atom stereocenters.